The number of pyridine rings is 1. The maximum atomic E-state index is 5.29. The van der Waals surface area contributed by atoms with Gasteiger partial charge in [0.05, 0.1) is 25.5 Å². The minimum atomic E-state index is 0.609. The highest BCUT2D eigenvalue weighted by atomic mass is 79.9. The van der Waals surface area contributed by atoms with Crippen molar-refractivity contribution in [3.05, 3.63) is 34.1 Å². The molecule has 2 heterocycles. The molecule has 0 saturated carbocycles. The second-order valence-corrected chi connectivity index (χ2v) is 4.48. The largest absolute Gasteiger partial charge is 0.380 e. The number of methoxy groups -OCH3 is 1. The number of rotatable bonds is 3. The first-order valence-corrected chi connectivity index (χ1v) is 6.01. The fourth-order valence-electron chi connectivity index (χ4n) is 1.72. The fourth-order valence-corrected chi connectivity index (χ4v) is 2.21. The van der Waals surface area contributed by atoms with Crippen LogP contribution >= 0.6 is 15.9 Å². The predicted octanol–water partition coefficient (Wildman–Crippen LogP) is 2.79. The summed E-state index contributed by atoms with van der Waals surface area (Å²) in [7, 11) is 1.70. The monoisotopic (exact) mass is 283 g/mol. The molecule has 0 atom stereocenters. The van der Waals surface area contributed by atoms with E-state index in [1.807, 2.05) is 6.07 Å². The van der Waals surface area contributed by atoms with Gasteiger partial charge in [-0.3, -0.25) is 0 Å². The number of hydrogen-bond acceptors (Lipinski definition) is 3. The lowest BCUT2D eigenvalue weighted by Gasteiger charge is -2.14. The summed E-state index contributed by atoms with van der Waals surface area (Å²) in [6, 6.07) is 4.05. The summed E-state index contributed by atoms with van der Waals surface area (Å²) in [5, 5.41) is 0. The van der Waals surface area contributed by atoms with Gasteiger partial charge in [0.2, 0.25) is 0 Å². The normalized spacial score (nSPS) is 16.0. The Bertz CT molecular complexity index is 404. The van der Waals surface area contributed by atoms with E-state index in [1.165, 1.54) is 5.57 Å². The van der Waals surface area contributed by atoms with Crippen molar-refractivity contribution in [2.24, 2.45) is 0 Å². The maximum Gasteiger partial charge on any atom is 0.107 e. The highest BCUT2D eigenvalue weighted by Crippen LogP contribution is 2.23. The molecule has 2 rings (SSSR count). The van der Waals surface area contributed by atoms with E-state index in [4.69, 9.17) is 9.47 Å². The standard InChI is InChI=1S/C12H14BrNO2/c1-15-8-9-6-11(14-12(13)7-9)10-2-4-16-5-3-10/h2,6-7H,3-5,8H2,1H3. The summed E-state index contributed by atoms with van der Waals surface area (Å²) >= 11 is 3.42. The van der Waals surface area contributed by atoms with Gasteiger partial charge >= 0.3 is 0 Å². The molecule has 1 aliphatic rings. The van der Waals surface area contributed by atoms with E-state index in [-0.39, 0.29) is 0 Å². The van der Waals surface area contributed by atoms with Gasteiger partial charge in [-0.25, -0.2) is 4.98 Å². The first-order chi connectivity index (χ1) is 7.79. The molecule has 86 valence electrons. The zero-order chi connectivity index (χ0) is 11.4. The third kappa shape index (κ3) is 2.90. The number of hydrogen-bond donors (Lipinski definition) is 0. The van der Waals surface area contributed by atoms with E-state index in [0.717, 1.165) is 28.9 Å². The van der Waals surface area contributed by atoms with E-state index in [0.29, 0.717) is 13.2 Å². The van der Waals surface area contributed by atoms with Crippen LogP contribution in [0.15, 0.2) is 22.8 Å². The average Bonchev–Trinajstić information content (AvgIpc) is 2.30. The van der Waals surface area contributed by atoms with E-state index < -0.39 is 0 Å². The van der Waals surface area contributed by atoms with E-state index in [1.54, 1.807) is 7.11 Å². The van der Waals surface area contributed by atoms with Crippen molar-refractivity contribution < 1.29 is 9.47 Å². The molecule has 0 radical (unpaired) electrons. The summed E-state index contributed by atoms with van der Waals surface area (Å²) in [5.41, 5.74) is 3.40. The Balaban J connectivity index is 2.29. The van der Waals surface area contributed by atoms with Crippen LogP contribution in [0, 0.1) is 0 Å². The smallest absolute Gasteiger partial charge is 0.107 e. The second-order valence-electron chi connectivity index (χ2n) is 3.67. The molecular formula is C12H14BrNO2. The van der Waals surface area contributed by atoms with Crippen molar-refractivity contribution in [3.63, 3.8) is 0 Å². The molecule has 1 aromatic heterocycles. The Morgan fingerprint density at radius 1 is 1.50 bits per heavy atom. The summed E-state index contributed by atoms with van der Waals surface area (Å²) in [4.78, 5) is 4.48. The molecule has 1 aromatic rings. The van der Waals surface area contributed by atoms with Crippen LogP contribution in [0.2, 0.25) is 0 Å². The molecule has 1 aliphatic heterocycles. The molecule has 0 saturated heterocycles. The van der Waals surface area contributed by atoms with Gasteiger partial charge in [-0.1, -0.05) is 6.08 Å². The predicted molar refractivity (Wildman–Crippen MR) is 66.1 cm³/mol. The number of ether oxygens (including phenoxy) is 2. The van der Waals surface area contributed by atoms with Gasteiger partial charge in [-0.2, -0.15) is 0 Å². The second kappa shape index (κ2) is 5.57. The van der Waals surface area contributed by atoms with Gasteiger partial charge in [0.25, 0.3) is 0 Å². The molecule has 0 amide bonds. The molecule has 4 heteroatoms. The summed E-state index contributed by atoms with van der Waals surface area (Å²) in [6.45, 7) is 2.07. The van der Waals surface area contributed by atoms with Crippen molar-refractivity contribution in [1.82, 2.24) is 4.98 Å². The SMILES string of the molecule is COCc1cc(Br)nc(C2=CCOCC2)c1. The lowest BCUT2D eigenvalue weighted by Crippen LogP contribution is -2.05. The Morgan fingerprint density at radius 2 is 2.38 bits per heavy atom. The molecule has 0 unspecified atom stereocenters. The van der Waals surface area contributed by atoms with Crippen LogP contribution in [0.5, 0.6) is 0 Å². The van der Waals surface area contributed by atoms with Crippen molar-refractivity contribution >= 4 is 21.5 Å². The Labute approximate surface area is 104 Å². The van der Waals surface area contributed by atoms with E-state index >= 15 is 0 Å². The summed E-state index contributed by atoms with van der Waals surface area (Å²) in [6.07, 6.45) is 3.02. The lowest BCUT2D eigenvalue weighted by atomic mass is 10.1. The molecule has 0 aliphatic carbocycles. The van der Waals surface area contributed by atoms with Crippen LogP contribution in [0.3, 0.4) is 0 Å². The highest BCUT2D eigenvalue weighted by Gasteiger charge is 2.09. The highest BCUT2D eigenvalue weighted by molar-refractivity contribution is 9.10. The first kappa shape index (κ1) is 11.8. The summed E-state index contributed by atoms with van der Waals surface area (Å²) < 4.78 is 11.3. The van der Waals surface area contributed by atoms with Crippen LogP contribution in [0.1, 0.15) is 17.7 Å². The molecule has 0 aromatic carbocycles. The van der Waals surface area contributed by atoms with Gasteiger partial charge < -0.3 is 9.47 Å². The van der Waals surface area contributed by atoms with Crippen molar-refractivity contribution in [3.8, 4) is 0 Å². The Hall–Kier alpha value is -0.710. The fraction of sp³-hybridized carbons (Fsp3) is 0.417. The van der Waals surface area contributed by atoms with Crippen LogP contribution in [0.25, 0.3) is 5.57 Å². The molecule has 0 fully saturated rings. The Morgan fingerprint density at radius 3 is 3.06 bits per heavy atom. The molecule has 0 bridgehead atoms. The topological polar surface area (TPSA) is 31.4 Å². The minimum Gasteiger partial charge on any atom is -0.380 e. The van der Waals surface area contributed by atoms with Gasteiger partial charge in [0.15, 0.2) is 0 Å². The molecule has 3 nitrogen and oxygen atoms in total. The molecule has 0 spiro atoms. The van der Waals surface area contributed by atoms with Crippen LogP contribution in [-0.2, 0) is 16.1 Å². The van der Waals surface area contributed by atoms with Crippen molar-refractivity contribution in [2.45, 2.75) is 13.0 Å². The quantitative estimate of drug-likeness (QED) is 0.800. The van der Waals surface area contributed by atoms with Crippen LogP contribution in [-0.4, -0.2) is 25.3 Å². The van der Waals surface area contributed by atoms with Gasteiger partial charge in [0.1, 0.15) is 4.60 Å². The third-order valence-electron chi connectivity index (χ3n) is 2.46. The Kier molecular flexibility index (Phi) is 4.09. The zero-order valence-corrected chi connectivity index (χ0v) is 10.8. The van der Waals surface area contributed by atoms with Gasteiger partial charge in [-0.15, -0.1) is 0 Å². The molecule has 0 N–H and O–H groups in total. The molecular weight excluding hydrogens is 270 g/mol. The van der Waals surface area contributed by atoms with Crippen molar-refractivity contribution in [2.75, 3.05) is 20.3 Å². The molecule has 16 heavy (non-hydrogen) atoms. The zero-order valence-electron chi connectivity index (χ0n) is 9.20. The van der Waals surface area contributed by atoms with Crippen molar-refractivity contribution in [1.29, 1.82) is 0 Å². The maximum absolute atomic E-state index is 5.29. The number of halogens is 1. The number of aromatic nitrogens is 1. The third-order valence-corrected chi connectivity index (χ3v) is 2.86. The van der Waals surface area contributed by atoms with Crippen LogP contribution < -0.4 is 0 Å². The minimum absolute atomic E-state index is 0.609. The van der Waals surface area contributed by atoms with Crippen LogP contribution in [0.4, 0.5) is 0 Å². The number of nitrogens with zero attached hydrogens (tertiary/aromatic N) is 1. The summed E-state index contributed by atoms with van der Waals surface area (Å²) in [5.74, 6) is 0. The van der Waals surface area contributed by atoms with Gasteiger partial charge in [-0.05, 0) is 45.6 Å². The van der Waals surface area contributed by atoms with E-state index in [9.17, 15) is 0 Å². The first-order valence-electron chi connectivity index (χ1n) is 5.22. The van der Waals surface area contributed by atoms with E-state index in [2.05, 4.69) is 33.1 Å². The average molecular weight is 284 g/mol. The van der Waals surface area contributed by atoms with Gasteiger partial charge in [0, 0.05) is 7.11 Å². The lowest BCUT2D eigenvalue weighted by molar-refractivity contribution is 0.161.